The number of anilines is 1. The number of ether oxygens (including phenoxy) is 1. The first kappa shape index (κ1) is 28.4. The summed E-state index contributed by atoms with van der Waals surface area (Å²) in [7, 11) is -4.29. The quantitative estimate of drug-likeness (QED) is 0.415. The summed E-state index contributed by atoms with van der Waals surface area (Å²) in [5.41, 5.74) is 1.39. The van der Waals surface area contributed by atoms with Crippen LogP contribution in [0.1, 0.15) is 47.3 Å². The molecule has 9 nitrogen and oxygen atoms in total. The lowest BCUT2D eigenvalue weighted by molar-refractivity contribution is -0.127. The number of rotatable bonds is 9. The SMILES string of the molecule is CCc1ccccc1N(C(=O)CN1C(=O)c2ccccc2S1(=O)=O)[C@@H](C(=O)NC[C@H]1CCCO1)c1ccc(F)cc1. The summed E-state index contributed by atoms with van der Waals surface area (Å²) in [6.07, 6.45) is 1.97. The third kappa shape index (κ3) is 5.59. The highest BCUT2D eigenvalue weighted by atomic mass is 32.2. The molecule has 0 saturated carbocycles. The molecule has 2 heterocycles. The Kier molecular flexibility index (Phi) is 8.18. The van der Waals surface area contributed by atoms with Gasteiger partial charge in [0.05, 0.1) is 11.7 Å². The number of amides is 3. The molecule has 3 aromatic carbocycles. The highest BCUT2D eigenvalue weighted by molar-refractivity contribution is 7.90. The maximum atomic E-state index is 14.2. The zero-order valence-corrected chi connectivity index (χ0v) is 23.3. The highest BCUT2D eigenvalue weighted by Crippen LogP contribution is 2.34. The molecule has 0 aliphatic carbocycles. The highest BCUT2D eigenvalue weighted by Gasteiger charge is 2.44. The predicted octanol–water partition coefficient (Wildman–Crippen LogP) is 3.60. The van der Waals surface area contributed by atoms with Crippen LogP contribution in [-0.2, 0) is 30.8 Å². The molecule has 3 amide bonds. The molecule has 2 aliphatic heterocycles. The van der Waals surface area contributed by atoms with Crippen molar-refractivity contribution in [3.8, 4) is 0 Å². The van der Waals surface area contributed by atoms with E-state index in [9.17, 15) is 27.2 Å². The molecule has 0 radical (unpaired) electrons. The number of hydrogen-bond donors (Lipinski definition) is 1. The summed E-state index contributed by atoms with van der Waals surface area (Å²) in [5.74, 6) is -2.69. The Hall–Kier alpha value is -4.09. The number of carbonyl (C=O) groups is 3. The van der Waals surface area contributed by atoms with Crippen molar-refractivity contribution >= 4 is 33.4 Å². The smallest absolute Gasteiger partial charge is 0.269 e. The minimum absolute atomic E-state index is 0.0230. The maximum Gasteiger partial charge on any atom is 0.269 e. The third-order valence-corrected chi connectivity index (χ3v) is 9.10. The van der Waals surface area contributed by atoms with Crippen LogP contribution in [-0.4, -0.2) is 56.2 Å². The number of nitrogens with one attached hydrogen (secondary N) is 1. The Morgan fingerprint density at radius 3 is 2.46 bits per heavy atom. The van der Waals surface area contributed by atoms with E-state index in [1.54, 1.807) is 30.3 Å². The Morgan fingerprint density at radius 1 is 1.07 bits per heavy atom. The van der Waals surface area contributed by atoms with E-state index in [4.69, 9.17) is 4.74 Å². The average Bonchev–Trinajstić information content (AvgIpc) is 3.57. The van der Waals surface area contributed by atoms with Gasteiger partial charge < -0.3 is 10.1 Å². The molecule has 5 rings (SSSR count). The maximum absolute atomic E-state index is 14.2. The van der Waals surface area contributed by atoms with Gasteiger partial charge in [-0.3, -0.25) is 19.3 Å². The molecule has 2 atom stereocenters. The fourth-order valence-electron chi connectivity index (χ4n) is 5.23. The molecule has 0 aromatic heterocycles. The summed E-state index contributed by atoms with van der Waals surface area (Å²) < 4.78 is 46.6. The minimum Gasteiger partial charge on any atom is -0.376 e. The van der Waals surface area contributed by atoms with Gasteiger partial charge in [-0.15, -0.1) is 0 Å². The second-order valence-corrected chi connectivity index (χ2v) is 11.7. The molecule has 214 valence electrons. The van der Waals surface area contributed by atoms with Crippen LogP contribution in [0, 0.1) is 5.82 Å². The molecule has 1 saturated heterocycles. The number of carbonyl (C=O) groups excluding carboxylic acids is 3. The number of hydrogen-bond acceptors (Lipinski definition) is 6. The summed E-state index contributed by atoms with van der Waals surface area (Å²) in [5, 5.41) is 2.86. The molecule has 2 aliphatic rings. The Balaban J connectivity index is 1.57. The van der Waals surface area contributed by atoms with Crippen LogP contribution in [0.5, 0.6) is 0 Å². The first-order valence-corrected chi connectivity index (χ1v) is 14.9. The zero-order valence-electron chi connectivity index (χ0n) is 22.5. The number of para-hydroxylation sites is 1. The van der Waals surface area contributed by atoms with E-state index in [2.05, 4.69) is 5.32 Å². The van der Waals surface area contributed by atoms with E-state index >= 15 is 0 Å². The molecule has 3 aromatic rings. The summed E-state index contributed by atoms with van der Waals surface area (Å²) in [6.45, 7) is 1.86. The van der Waals surface area contributed by atoms with Gasteiger partial charge in [-0.2, -0.15) is 0 Å². The molecule has 1 N–H and O–H groups in total. The normalized spacial score (nSPS) is 18.1. The van der Waals surface area contributed by atoms with Gasteiger partial charge >= 0.3 is 0 Å². The van der Waals surface area contributed by atoms with Crippen molar-refractivity contribution in [1.29, 1.82) is 0 Å². The largest absolute Gasteiger partial charge is 0.376 e. The second-order valence-electron chi connectivity index (χ2n) is 9.89. The van der Waals surface area contributed by atoms with Crippen molar-refractivity contribution in [1.82, 2.24) is 9.62 Å². The van der Waals surface area contributed by atoms with Crippen LogP contribution in [0.25, 0.3) is 0 Å². The zero-order chi connectivity index (χ0) is 29.1. The van der Waals surface area contributed by atoms with Crippen molar-refractivity contribution in [2.24, 2.45) is 0 Å². The van der Waals surface area contributed by atoms with Crippen LogP contribution in [0.3, 0.4) is 0 Å². The fraction of sp³-hybridized carbons (Fsp3) is 0.300. The van der Waals surface area contributed by atoms with Crippen LogP contribution in [0.2, 0.25) is 0 Å². The second kappa shape index (κ2) is 11.8. The Labute approximate surface area is 238 Å². The fourth-order valence-corrected chi connectivity index (χ4v) is 6.75. The molecule has 11 heteroatoms. The van der Waals surface area contributed by atoms with Crippen molar-refractivity contribution in [3.63, 3.8) is 0 Å². The average molecular weight is 580 g/mol. The lowest BCUT2D eigenvalue weighted by atomic mass is 10.0. The molecular weight excluding hydrogens is 549 g/mol. The number of sulfonamides is 1. The van der Waals surface area contributed by atoms with Gasteiger partial charge in [0.2, 0.25) is 11.8 Å². The van der Waals surface area contributed by atoms with Gasteiger partial charge in [-0.25, -0.2) is 17.1 Å². The first-order valence-electron chi connectivity index (χ1n) is 13.4. The number of aryl methyl sites for hydroxylation is 1. The van der Waals surface area contributed by atoms with Gasteiger partial charge in [-0.05, 0) is 60.7 Å². The van der Waals surface area contributed by atoms with E-state index in [0.29, 0.717) is 28.6 Å². The Bertz CT molecular complexity index is 1570. The molecule has 1 fully saturated rings. The van der Waals surface area contributed by atoms with Crippen LogP contribution in [0.15, 0.2) is 77.7 Å². The summed E-state index contributed by atoms with van der Waals surface area (Å²) >= 11 is 0. The van der Waals surface area contributed by atoms with E-state index in [-0.39, 0.29) is 23.1 Å². The van der Waals surface area contributed by atoms with E-state index in [0.717, 1.165) is 18.4 Å². The van der Waals surface area contributed by atoms with Gasteiger partial charge in [0.25, 0.3) is 15.9 Å². The van der Waals surface area contributed by atoms with Crippen LogP contribution < -0.4 is 10.2 Å². The van der Waals surface area contributed by atoms with Crippen LogP contribution >= 0.6 is 0 Å². The third-order valence-electron chi connectivity index (χ3n) is 7.31. The summed E-state index contributed by atoms with van der Waals surface area (Å²) in [6, 6.07) is 16.6. The van der Waals surface area contributed by atoms with Gasteiger partial charge in [0.1, 0.15) is 23.3 Å². The molecule has 41 heavy (non-hydrogen) atoms. The van der Waals surface area contributed by atoms with E-state index in [1.807, 2.05) is 6.92 Å². The predicted molar refractivity (Wildman–Crippen MR) is 149 cm³/mol. The number of halogens is 1. The standard InChI is InChI=1S/C30H30FN3O6S/c1-2-20-8-3-5-11-25(20)34(27(35)19-33-30(37)24-10-4-6-12-26(24)41(33,38)39)28(21-13-15-22(31)16-14-21)29(36)32-18-23-9-7-17-40-23/h3-6,8,10-16,23,28H,2,7,9,17-19H2,1H3,(H,32,36)/t23-,28-/m1/s1. The first-order chi connectivity index (χ1) is 19.7. The topological polar surface area (TPSA) is 113 Å². The lowest BCUT2D eigenvalue weighted by Gasteiger charge is -2.34. The van der Waals surface area contributed by atoms with E-state index in [1.165, 1.54) is 47.4 Å². The van der Waals surface area contributed by atoms with Crippen molar-refractivity contribution in [3.05, 3.63) is 95.3 Å². The Morgan fingerprint density at radius 2 is 1.78 bits per heavy atom. The van der Waals surface area contributed by atoms with Crippen molar-refractivity contribution < 1.29 is 31.9 Å². The molecule has 0 spiro atoms. The number of nitrogens with zero attached hydrogens (tertiary/aromatic N) is 2. The van der Waals surface area contributed by atoms with Gasteiger partial charge in [0, 0.05) is 18.8 Å². The van der Waals surface area contributed by atoms with Crippen molar-refractivity contribution in [2.45, 2.75) is 43.2 Å². The van der Waals surface area contributed by atoms with Crippen LogP contribution in [0.4, 0.5) is 10.1 Å². The number of fused-ring (bicyclic) bond motifs is 1. The molecule has 0 unspecified atom stereocenters. The lowest BCUT2D eigenvalue weighted by Crippen LogP contribution is -2.49. The molecular formula is C30H30FN3O6S. The summed E-state index contributed by atoms with van der Waals surface area (Å²) in [4.78, 5) is 42.2. The monoisotopic (exact) mass is 579 g/mol. The van der Waals surface area contributed by atoms with E-state index < -0.39 is 46.1 Å². The molecule has 0 bridgehead atoms. The van der Waals surface area contributed by atoms with Gasteiger partial charge in [-0.1, -0.05) is 49.4 Å². The number of benzene rings is 3. The van der Waals surface area contributed by atoms with Gasteiger partial charge in [0.15, 0.2) is 0 Å². The minimum atomic E-state index is -4.29. The van der Waals surface area contributed by atoms with Crippen molar-refractivity contribution in [2.75, 3.05) is 24.6 Å².